The molecule has 0 fully saturated rings. The van der Waals surface area contributed by atoms with Crippen LogP contribution in [-0.2, 0) is 4.79 Å². The highest BCUT2D eigenvalue weighted by atomic mass is 16.4. The van der Waals surface area contributed by atoms with E-state index in [9.17, 15) is 14.7 Å². The van der Waals surface area contributed by atoms with Gasteiger partial charge in [-0.05, 0) is 24.6 Å². The molecule has 1 rings (SSSR count). The van der Waals surface area contributed by atoms with E-state index in [1.54, 1.807) is 6.08 Å². The fraction of sp³-hybridized carbons (Fsp3) is 0.231. The topological polar surface area (TPSA) is 86.6 Å². The maximum Gasteiger partial charge on any atom is 0.339 e. The molecule has 0 spiro atoms. The van der Waals surface area contributed by atoms with Gasteiger partial charge in [-0.15, -0.1) is 0 Å². The first-order valence-electron chi connectivity index (χ1n) is 5.59. The minimum atomic E-state index is -1.25. The van der Waals surface area contributed by atoms with Gasteiger partial charge in [0.25, 0.3) is 0 Å². The van der Waals surface area contributed by atoms with Gasteiger partial charge in [0.2, 0.25) is 5.91 Å². The molecule has 0 aromatic heterocycles. The smallest absolute Gasteiger partial charge is 0.339 e. The van der Waals surface area contributed by atoms with Crippen molar-refractivity contribution in [2.24, 2.45) is 0 Å². The first-order valence-corrected chi connectivity index (χ1v) is 5.59. The Labute approximate surface area is 105 Å². The highest BCUT2D eigenvalue weighted by Crippen LogP contribution is 2.27. The Morgan fingerprint density at radius 3 is 2.72 bits per heavy atom. The van der Waals surface area contributed by atoms with E-state index in [-0.39, 0.29) is 11.3 Å². The lowest BCUT2D eigenvalue weighted by Crippen LogP contribution is -2.09. The second kappa shape index (κ2) is 6.44. The minimum absolute atomic E-state index is 0.0843. The summed E-state index contributed by atoms with van der Waals surface area (Å²) in [6.07, 6.45) is 4.79. The van der Waals surface area contributed by atoms with Crippen molar-refractivity contribution < 1.29 is 19.8 Å². The molecule has 0 radical (unpaired) electrons. The average Bonchev–Trinajstić information content (AvgIpc) is 2.32. The molecule has 0 aliphatic heterocycles. The molecule has 18 heavy (non-hydrogen) atoms. The van der Waals surface area contributed by atoms with Crippen LogP contribution in [0, 0.1) is 0 Å². The van der Waals surface area contributed by atoms with Crippen molar-refractivity contribution in [1.82, 2.24) is 0 Å². The molecule has 0 atom stereocenters. The first kappa shape index (κ1) is 13.8. The molecule has 0 saturated carbocycles. The van der Waals surface area contributed by atoms with Crippen LogP contribution in [0.15, 0.2) is 30.4 Å². The van der Waals surface area contributed by atoms with Gasteiger partial charge in [-0.3, -0.25) is 4.79 Å². The van der Waals surface area contributed by atoms with Gasteiger partial charge in [-0.2, -0.15) is 0 Å². The molecule has 0 aliphatic rings. The number of unbranched alkanes of at least 4 members (excludes halogenated alkanes) is 1. The van der Waals surface area contributed by atoms with Gasteiger partial charge in [-0.1, -0.05) is 25.5 Å². The number of hydrogen-bond donors (Lipinski definition) is 3. The molecule has 0 unspecified atom stereocenters. The van der Waals surface area contributed by atoms with Gasteiger partial charge in [0.1, 0.15) is 5.56 Å². The summed E-state index contributed by atoms with van der Waals surface area (Å²) in [5, 5.41) is 20.9. The van der Waals surface area contributed by atoms with Crippen molar-refractivity contribution >= 4 is 17.6 Å². The molecule has 1 aromatic rings. The maximum atomic E-state index is 11.5. The number of carboxylic acids is 1. The third kappa shape index (κ3) is 3.62. The van der Waals surface area contributed by atoms with Crippen molar-refractivity contribution in [1.29, 1.82) is 0 Å². The van der Waals surface area contributed by atoms with Crippen LogP contribution >= 0.6 is 0 Å². The van der Waals surface area contributed by atoms with E-state index >= 15 is 0 Å². The summed E-state index contributed by atoms with van der Waals surface area (Å²) >= 11 is 0. The Balaban J connectivity index is 2.82. The Bertz CT molecular complexity index is 480. The number of carbonyl (C=O) groups is 2. The summed E-state index contributed by atoms with van der Waals surface area (Å²) in [7, 11) is 0. The van der Waals surface area contributed by atoms with E-state index in [1.807, 2.05) is 6.92 Å². The number of carbonyl (C=O) groups excluding carboxylic acids is 1. The largest absolute Gasteiger partial charge is 0.505 e. The number of aromatic carboxylic acids is 1. The second-order valence-corrected chi connectivity index (χ2v) is 3.69. The molecular formula is C13H15NO4. The molecule has 5 heteroatoms. The lowest BCUT2D eigenvalue weighted by atomic mass is 10.1. The van der Waals surface area contributed by atoms with Crippen LogP contribution in [0.5, 0.6) is 5.75 Å². The van der Waals surface area contributed by atoms with Crippen LogP contribution in [0.2, 0.25) is 0 Å². The lowest BCUT2D eigenvalue weighted by molar-refractivity contribution is -0.111. The molecule has 1 amide bonds. The fourth-order valence-corrected chi connectivity index (χ4v) is 1.35. The molecule has 0 heterocycles. The van der Waals surface area contributed by atoms with Gasteiger partial charge in [0.05, 0.1) is 5.69 Å². The molecule has 5 nitrogen and oxygen atoms in total. The predicted molar refractivity (Wildman–Crippen MR) is 67.7 cm³/mol. The van der Waals surface area contributed by atoms with Gasteiger partial charge in [0.15, 0.2) is 5.75 Å². The van der Waals surface area contributed by atoms with Crippen LogP contribution in [-0.4, -0.2) is 22.1 Å². The summed E-state index contributed by atoms with van der Waals surface area (Å²) in [6.45, 7) is 1.99. The summed E-state index contributed by atoms with van der Waals surface area (Å²) in [5.74, 6) is -2.09. The van der Waals surface area contributed by atoms with Crippen LogP contribution in [0.4, 0.5) is 5.69 Å². The SMILES string of the molecule is CCCC=CC(=O)Nc1cccc(C(=O)O)c1O. The van der Waals surface area contributed by atoms with E-state index in [2.05, 4.69) is 5.32 Å². The number of benzene rings is 1. The van der Waals surface area contributed by atoms with Crippen LogP contribution in [0.3, 0.4) is 0 Å². The number of phenols is 1. The quantitative estimate of drug-likeness (QED) is 0.552. The van der Waals surface area contributed by atoms with E-state index in [0.29, 0.717) is 0 Å². The molecular weight excluding hydrogens is 234 g/mol. The number of allylic oxidation sites excluding steroid dienone is 1. The number of anilines is 1. The number of aromatic hydroxyl groups is 1. The van der Waals surface area contributed by atoms with E-state index in [1.165, 1.54) is 24.3 Å². The third-order valence-corrected chi connectivity index (χ3v) is 2.25. The van der Waals surface area contributed by atoms with Gasteiger partial charge >= 0.3 is 5.97 Å². The number of rotatable bonds is 5. The highest BCUT2D eigenvalue weighted by Gasteiger charge is 2.13. The zero-order chi connectivity index (χ0) is 13.5. The first-order chi connectivity index (χ1) is 8.56. The van der Waals surface area contributed by atoms with Crippen LogP contribution in [0.1, 0.15) is 30.1 Å². The Morgan fingerprint density at radius 2 is 2.11 bits per heavy atom. The molecule has 0 aliphatic carbocycles. The van der Waals surface area contributed by atoms with E-state index < -0.39 is 17.6 Å². The zero-order valence-electron chi connectivity index (χ0n) is 10.0. The Morgan fingerprint density at radius 1 is 1.39 bits per heavy atom. The normalized spacial score (nSPS) is 10.5. The fourth-order valence-electron chi connectivity index (χ4n) is 1.35. The van der Waals surface area contributed by atoms with Crippen molar-refractivity contribution in [3.05, 3.63) is 35.9 Å². The van der Waals surface area contributed by atoms with Gasteiger partial charge < -0.3 is 15.5 Å². The Hall–Kier alpha value is -2.30. The van der Waals surface area contributed by atoms with Crippen molar-refractivity contribution in [3.8, 4) is 5.75 Å². The summed E-state index contributed by atoms with van der Waals surface area (Å²) in [4.78, 5) is 22.2. The second-order valence-electron chi connectivity index (χ2n) is 3.69. The summed E-state index contributed by atoms with van der Waals surface area (Å²) in [5.41, 5.74) is -0.161. The lowest BCUT2D eigenvalue weighted by Gasteiger charge is -2.07. The standard InChI is InChI=1S/C13H15NO4/c1-2-3-4-8-11(15)14-10-7-5-6-9(12(10)16)13(17)18/h4-8,16H,2-3H2,1H3,(H,14,15)(H,17,18). The van der Waals surface area contributed by atoms with Crippen LogP contribution in [0.25, 0.3) is 0 Å². The van der Waals surface area contributed by atoms with Gasteiger partial charge in [-0.25, -0.2) is 4.79 Å². The molecule has 1 aromatic carbocycles. The Kier molecular flexibility index (Phi) is 4.92. The van der Waals surface area contributed by atoms with Crippen molar-refractivity contribution in [3.63, 3.8) is 0 Å². The molecule has 0 bridgehead atoms. The number of amides is 1. The van der Waals surface area contributed by atoms with E-state index in [0.717, 1.165) is 12.8 Å². The summed E-state index contributed by atoms with van der Waals surface area (Å²) < 4.78 is 0. The average molecular weight is 249 g/mol. The van der Waals surface area contributed by atoms with Crippen LogP contribution < -0.4 is 5.32 Å². The third-order valence-electron chi connectivity index (χ3n) is 2.25. The van der Waals surface area contributed by atoms with Crippen molar-refractivity contribution in [2.75, 3.05) is 5.32 Å². The summed E-state index contributed by atoms with van der Waals surface area (Å²) in [6, 6.07) is 4.15. The monoisotopic (exact) mass is 249 g/mol. The zero-order valence-corrected chi connectivity index (χ0v) is 10.0. The maximum absolute atomic E-state index is 11.5. The minimum Gasteiger partial charge on any atom is -0.505 e. The number of nitrogens with one attached hydrogen (secondary N) is 1. The van der Waals surface area contributed by atoms with Crippen molar-refractivity contribution in [2.45, 2.75) is 19.8 Å². The molecule has 3 N–H and O–H groups in total. The number of carboxylic acid groups (broad SMARTS) is 1. The predicted octanol–water partition coefficient (Wildman–Crippen LogP) is 2.39. The molecule has 0 saturated heterocycles. The highest BCUT2D eigenvalue weighted by molar-refractivity contribution is 6.02. The van der Waals surface area contributed by atoms with Gasteiger partial charge in [0, 0.05) is 0 Å². The van der Waals surface area contributed by atoms with E-state index in [4.69, 9.17) is 5.11 Å². The number of para-hydroxylation sites is 1. The number of hydrogen-bond acceptors (Lipinski definition) is 3. The molecule has 96 valence electrons.